The number of fused-ring (bicyclic) bond motifs is 1. The van der Waals surface area contributed by atoms with E-state index in [9.17, 15) is 0 Å². The van der Waals surface area contributed by atoms with Crippen LogP contribution in [0.1, 0.15) is 35.7 Å². The van der Waals surface area contributed by atoms with Crippen molar-refractivity contribution in [3.8, 4) is 5.88 Å². The minimum Gasteiger partial charge on any atom is -0.480 e. The molecule has 3 rings (SSSR count). The van der Waals surface area contributed by atoms with Gasteiger partial charge in [-0.2, -0.15) is 0 Å². The first-order valence-corrected chi connectivity index (χ1v) is 7.01. The van der Waals surface area contributed by atoms with Crippen molar-refractivity contribution in [2.75, 3.05) is 13.7 Å². The Bertz CT molecular complexity index is 600. The molecular formula is C16H19N3O. The number of ether oxygens (including phenoxy) is 1. The number of hydrogen-bond donors (Lipinski definition) is 1. The van der Waals surface area contributed by atoms with Gasteiger partial charge in [0, 0.05) is 18.3 Å². The fourth-order valence-corrected chi connectivity index (χ4v) is 2.95. The van der Waals surface area contributed by atoms with Crippen LogP contribution in [0.25, 0.3) is 0 Å². The summed E-state index contributed by atoms with van der Waals surface area (Å²) in [4.78, 5) is 8.77. The van der Waals surface area contributed by atoms with Crippen molar-refractivity contribution in [2.24, 2.45) is 0 Å². The van der Waals surface area contributed by atoms with Crippen molar-refractivity contribution in [2.45, 2.75) is 25.3 Å². The first-order chi connectivity index (χ1) is 9.85. The van der Waals surface area contributed by atoms with Gasteiger partial charge < -0.3 is 10.1 Å². The van der Waals surface area contributed by atoms with Crippen molar-refractivity contribution in [3.63, 3.8) is 0 Å². The molecule has 2 unspecified atom stereocenters. The number of methoxy groups -OCH3 is 1. The number of aromatic nitrogens is 2. The van der Waals surface area contributed by atoms with Gasteiger partial charge in [-0.1, -0.05) is 31.2 Å². The maximum atomic E-state index is 5.37. The van der Waals surface area contributed by atoms with Crippen molar-refractivity contribution < 1.29 is 4.74 Å². The summed E-state index contributed by atoms with van der Waals surface area (Å²) in [7, 11) is 1.64. The molecule has 4 heteroatoms. The summed E-state index contributed by atoms with van der Waals surface area (Å²) in [5.74, 6) is 1.06. The molecule has 0 saturated heterocycles. The molecule has 0 amide bonds. The van der Waals surface area contributed by atoms with Gasteiger partial charge in [0.1, 0.15) is 5.69 Å². The Labute approximate surface area is 119 Å². The van der Waals surface area contributed by atoms with Crippen LogP contribution < -0.4 is 10.1 Å². The van der Waals surface area contributed by atoms with E-state index in [-0.39, 0.29) is 6.04 Å². The summed E-state index contributed by atoms with van der Waals surface area (Å²) in [5.41, 5.74) is 3.74. The molecule has 0 bridgehead atoms. The summed E-state index contributed by atoms with van der Waals surface area (Å²) >= 11 is 0. The van der Waals surface area contributed by atoms with Crippen molar-refractivity contribution in [1.29, 1.82) is 0 Å². The number of hydrogen-bond acceptors (Lipinski definition) is 4. The van der Waals surface area contributed by atoms with Gasteiger partial charge in [0.15, 0.2) is 0 Å². The van der Waals surface area contributed by atoms with Crippen LogP contribution >= 0.6 is 0 Å². The highest BCUT2D eigenvalue weighted by molar-refractivity contribution is 5.43. The molecule has 20 heavy (non-hydrogen) atoms. The molecule has 2 aromatic rings. The van der Waals surface area contributed by atoms with E-state index in [1.807, 2.05) is 0 Å². The van der Waals surface area contributed by atoms with Crippen LogP contribution in [-0.2, 0) is 6.42 Å². The molecule has 1 heterocycles. The minimum atomic E-state index is 0.151. The first kappa shape index (κ1) is 13.1. The predicted octanol–water partition coefficient (Wildman–Crippen LogP) is 2.48. The predicted molar refractivity (Wildman–Crippen MR) is 77.9 cm³/mol. The van der Waals surface area contributed by atoms with E-state index in [4.69, 9.17) is 4.74 Å². The van der Waals surface area contributed by atoms with Gasteiger partial charge in [0.2, 0.25) is 5.88 Å². The topological polar surface area (TPSA) is 47.0 Å². The van der Waals surface area contributed by atoms with Gasteiger partial charge in [-0.3, -0.25) is 4.98 Å². The van der Waals surface area contributed by atoms with Gasteiger partial charge in [0.05, 0.1) is 13.2 Å². The molecule has 0 spiro atoms. The summed E-state index contributed by atoms with van der Waals surface area (Å²) in [5, 5.41) is 3.53. The molecule has 1 aromatic carbocycles. The zero-order valence-electron chi connectivity index (χ0n) is 11.8. The average molecular weight is 269 g/mol. The van der Waals surface area contributed by atoms with Crippen LogP contribution in [-0.4, -0.2) is 23.6 Å². The molecule has 1 N–H and O–H groups in total. The fourth-order valence-electron chi connectivity index (χ4n) is 2.95. The lowest BCUT2D eigenvalue weighted by atomic mass is 9.72. The number of nitrogens with one attached hydrogen (secondary N) is 1. The molecule has 0 saturated carbocycles. The number of nitrogens with zero attached hydrogens (tertiary/aromatic N) is 2. The minimum absolute atomic E-state index is 0.151. The first-order valence-electron chi connectivity index (χ1n) is 7.01. The standard InChI is InChI=1S/C16H19N3O/c1-3-17-14(15-16(20-2)19-9-8-18-15)13-10-11-6-4-5-7-12(11)13/h4-9,13-14,17H,3,10H2,1-2H3. The Morgan fingerprint density at radius 3 is 2.85 bits per heavy atom. The number of benzene rings is 1. The molecule has 0 fully saturated rings. The van der Waals surface area contributed by atoms with E-state index < -0.39 is 0 Å². The summed E-state index contributed by atoms with van der Waals surface area (Å²) < 4.78 is 5.37. The third kappa shape index (κ3) is 2.16. The van der Waals surface area contributed by atoms with Crippen LogP contribution in [0.3, 0.4) is 0 Å². The average Bonchev–Trinajstić information content (AvgIpc) is 2.47. The second kappa shape index (κ2) is 5.59. The highest BCUT2D eigenvalue weighted by atomic mass is 16.5. The van der Waals surface area contributed by atoms with Gasteiger partial charge in [-0.05, 0) is 24.1 Å². The van der Waals surface area contributed by atoms with Crippen LogP contribution in [0, 0.1) is 0 Å². The monoisotopic (exact) mass is 269 g/mol. The molecule has 0 aliphatic heterocycles. The maximum Gasteiger partial charge on any atom is 0.237 e. The van der Waals surface area contributed by atoms with E-state index in [0.29, 0.717) is 11.8 Å². The SMILES string of the molecule is CCNC(c1nccnc1OC)C1Cc2ccccc21. The highest BCUT2D eigenvalue weighted by Gasteiger charge is 2.35. The molecule has 2 atom stereocenters. The van der Waals surface area contributed by atoms with Gasteiger partial charge >= 0.3 is 0 Å². The Hall–Kier alpha value is -1.94. The van der Waals surface area contributed by atoms with E-state index in [1.165, 1.54) is 11.1 Å². The zero-order chi connectivity index (χ0) is 13.9. The Morgan fingerprint density at radius 2 is 2.10 bits per heavy atom. The van der Waals surface area contributed by atoms with Gasteiger partial charge in [-0.25, -0.2) is 4.98 Å². The quantitative estimate of drug-likeness (QED) is 0.906. The molecule has 0 radical (unpaired) electrons. The van der Waals surface area contributed by atoms with Crippen molar-refractivity contribution in [3.05, 3.63) is 53.5 Å². The summed E-state index contributed by atoms with van der Waals surface area (Å²) in [6.45, 7) is 3.00. The molecule has 4 nitrogen and oxygen atoms in total. The van der Waals surface area contributed by atoms with Crippen LogP contribution in [0.5, 0.6) is 5.88 Å². The Kier molecular flexibility index (Phi) is 3.65. The van der Waals surface area contributed by atoms with Gasteiger partial charge in [-0.15, -0.1) is 0 Å². The normalized spacial score (nSPS) is 18.0. The molecule has 104 valence electrons. The van der Waals surface area contributed by atoms with Crippen molar-refractivity contribution >= 4 is 0 Å². The van der Waals surface area contributed by atoms with Crippen LogP contribution in [0.2, 0.25) is 0 Å². The third-order valence-electron chi connectivity index (χ3n) is 3.90. The molecule has 1 aliphatic carbocycles. The van der Waals surface area contributed by atoms with E-state index >= 15 is 0 Å². The smallest absolute Gasteiger partial charge is 0.237 e. The Morgan fingerprint density at radius 1 is 1.30 bits per heavy atom. The van der Waals surface area contributed by atoms with E-state index in [1.54, 1.807) is 19.5 Å². The largest absolute Gasteiger partial charge is 0.480 e. The summed E-state index contributed by atoms with van der Waals surface area (Å²) in [6.07, 6.45) is 4.47. The van der Waals surface area contributed by atoms with E-state index in [0.717, 1.165) is 18.7 Å². The fraction of sp³-hybridized carbons (Fsp3) is 0.375. The number of likely N-dealkylation sites (N-methyl/N-ethyl adjacent to an activating group) is 1. The van der Waals surface area contributed by atoms with Crippen molar-refractivity contribution in [1.82, 2.24) is 15.3 Å². The van der Waals surface area contributed by atoms with Crippen LogP contribution in [0.4, 0.5) is 0 Å². The highest BCUT2D eigenvalue weighted by Crippen LogP contribution is 2.44. The van der Waals surface area contributed by atoms with Gasteiger partial charge in [0.25, 0.3) is 0 Å². The zero-order valence-corrected chi connectivity index (χ0v) is 11.8. The lowest BCUT2D eigenvalue weighted by Gasteiger charge is -2.36. The summed E-state index contributed by atoms with van der Waals surface area (Å²) in [6, 6.07) is 8.75. The second-order valence-electron chi connectivity index (χ2n) is 5.00. The third-order valence-corrected chi connectivity index (χ3v) is 3.90. The maximum absolute atomic E-state index is 5.37. The second-order valence-corrected chi connectivity index (χ2v) is 5.00. The molecule has 1 aromatic heterocycles. The number of rotatable bonds is 5. The Balaban J connectivity index is 1.95. The lowest BCUT2D eigenvalue weighted by Crippen LogP contribution is -2.34. The van der Waals surface area contributed by atoms with Crippen LogP contribution in [0.15, 0.2) is 36.7 Å². The molecular weight excluding hydrogens is 250 g/mol. The lowest BCUT2D eigenvalue weighted by molar-refractivity contribution is 0.355. The molecule has 1 aliphatic rings. The van der Waals surface area contributed by atoms with E-state index in [2.05, 4.69) is 46.5 Å².